The maximum Gasteiger partial charge on any atom is 0.119 e. The fraction of sp³-hybridized carbons (Fsp3) is 0.176. The summed E-state index contributed by atoms with van der Waals surface area (Å²) in [6.45, 7) is 3.05. The average Bonchev–Trinajstić information content (AvgIpc) is 2.75. The highest BCUT2D eigenvalue weighted by atomic mass is 16.5. The number of methoxy groups -OCH3 is 1. The first-order valence-electron chi connectivity index (χ1n) is 6.46. The van der Waals surface area contributed by atoms with Gasteiger partial charge >= 0.3 is 0 Å². The van der Waals surface area contributed by atoms with E-state index in [1.54, 1.807) is 7.11 Å². The summed E-state index contributed by atoms with van der Waals surface area (Å²) in [6.07, 6.45) is 0. The molecule has 0 aliphatic carbocycles. The van der Waals surface area contributed by atoms with Crippen molar-refractivity contribution < 1.29 is 4.74 Å². The van der Waals surface area contributed by atoms with E-state index < -0.39 is 0 Å². The minimum Gasteiger partial charge on any atom is -0.497 e. The summed E-state index contributed by atoms with van der Waals surface area (Å²) in [5, 5.41) is 1.23. The van der Waals surface area contributed by atoms with Gasteiger partial charge in [-0.05, 0) is 36.8 Å². The molecule has 3 aromatic rings. The van der Waals surface area contributed by atoms with Crippen LogP contribution in [0.1, 0.15) is 11.3 Å². The maximum absolute atomic E-state index is 5.28. The lowest BCUT2D eigenvalue weighted by molar-refractivity contribution is 0.415. The Morgan fingerprint density at radius 3 is 2.53 bits per heavy atom. The third-order valence-corrected chi connectivity index (χ3v) is 3.50. The van der Waals surface area contributed by atoms with Crippen LogP contribution in [0.2, 0.25) is 0 Å². The van der Waals surface area contributed by atoms with Crippen LogP contribution in [0.25, 0.3) is 10.9 Å². The second kappa shape index (κ2) is 4.81. The van der Waals surface area contributed by atoms with Gasteiger partial charge in [0.15, 0.2) is 0 Å². The second-order valence-electron chi connectivity index (χ2n) is 4.78. The third kappa shape index (κ3) is 2.22. The van der Waals surface area contributed by atoms with Crippen molar-refractivity contribution in [3.05, 3.63) is 65.9 Å². The Kier molecular flexibility index (Phi) is 3.00. The van der Waals surface area contributed by atoms with E-state index in [0.717, 1.165) is 12.3 Å². The number of aromatic nitrogens is 1. The standard InChI is InChI=1S/C17H17NO/c1-13-10-15-11-16(19-2)8-9-17(15)18(13)12-14-6-4-3-5-7-14/h3-11H,12H2,1-2H3. The molecule has 0 aliphatic heterocycles. The van der Waals surface area contributed by atoms with E-state index in [4.69, 9.17) is 4.74 Å². The van der Waals surface area contributed by atoms with Crippen LogP contribution in [0.3, 0.4) is 0 Å². The van der Waals surface area contributed by atoms with E-state index in [0.29, 0.717) is 0 Å². The Bertz CT molecular complexity index is 698. The highest BCUT2D eigenvalue weighted by Gasteiger charge is 2.07. The molecule has 1 heterocycles. The molecular formula is C17H17NO. The van der Waals surface area contributed by atoms with Gasteiger partial charge in [0.05, 0.1) is 7.11 Å². The van der Waals surface area contributed by atoms with Crippen molar-refractivity contribution in [2.45, 2.75) is 13.5 Å². The molecule has 2 heteroatoms. The van der Waals surface area contributed by atoms with Crippen molar-refractivity contribution >= 4 is 10.9 Å². The maximum atomic E-state index is 5.28. The van der Waals surface area contributed by atoms with Crippen molar-refractivity contribution in [2.24, 2.45) is 0 Å². The Labute approximate surface area is 113 Å². The van der Waals surface area contributed by atoms with Crippen molar-refractivity contribution in [2.75, 3.05) is 7.11 Å². The van der Waals surface area contributed by atoms with Crippen LogP contribution in [-0.2, 0) is 6.54 Å². The van der Waals surface area contributed by atoms with Crippen LogP contribution >= 0.6 is 0 Å². The van der Waals surface area contributed by atoms with Gasteiger partial charge in [-0.15, -0.1) is 0 Å². The number of nitrogens with zero attached hydrogens (tertiary/aromatic N) is 1. The molecular weight excluding hydrogens is 234 g/mol. The molecule has 0 fully saturated rings. The number of hydrogen-bond donors (Lipinski definition) is 0. The van der Waals surface area contributed by atoms with Crippen molar-refractivity contribution in [1.82, 2.24) is 4.57 Å². The summed E-state index contributed by atoms with van der Waals surface area (Å²) in [5.74, 6) is 0.907. The SMILES string of the molecule is COc1ccc2c(c1)cc(C)n2Cc1ccccc1. The predicted molar refractivity (Wildman–Crippen MR) is 78.8 cm³/mol. The smallest absolute Gasteiger partial charge is 0.119 e. The van der Waals surface area contributed by atoms with Gasteiger partial charge in [0.25, 0.3) is 0 Å². The third-order valence-electron chi connectivity index (χ3n) is 3.50. The number of ether oxygens (including phenoxy) is 1. The van der Waals surface area contributed by atoms with Gasteiger partial charge in [0.2, 0.25) is 0 Å². The Hall–Kier alpha value is -2.22. The molecule has 0 amide bonds. The van der Waals surface area contributed by atoms with Gasteiger partial charge in [0.1, 0.15) is 5.75 Å². The molecule has 0 N–H and O–H groups in total. The number of aryl methyl sites for hydroxylation is 1. The average molecular weight is 251 g/mol. The molecule has 0 spiro atoms. The molecule has 0 unspecified atom stereocenters. The molecule has 3 rings (SSSR count). The second-order valence-corrected chi connectivity index (χ2v) is 4.78. The van der Waals surface area contributed by atoms with E-state index >= 15 is 0 Å². The zero-order chi connectivity index (χ0) is 13.2. The van der Waals surface area contributed by atoms with Crippen molar-refractivity contribution in [3.63, 3.8) is 0 Å². The van der Waals surface area contributed by atoms with Gasteiger partial charge in [0, 0.05) is 23.1 Å². The van der Waals surface area contributed by atoms with Crippen LogP contribution in [0.15, 0.2) is 54.6 Å². The predicted octanol–water partition coefficient (Wildman–Crippen LogP) is 4.01. The number of hydrogen-bond acceptors (Lipinski definition) is 1. The summed E-state index contributed by atoms with van der Waals surface area (Å²) >= 11 is 0. The molecule has 2 nitrogen and oxygen atoms in total. The first-order chi connectivity index (χ1) is 9.28. The number of fused-ring (bicyclic) bond motifs is 1. The van der Waals surface area contributed by atoms with Crippen molar-refractivity contribution in [1.29, 1.82) is 0 Å². The largest absolute Gasteiger partial charge is 0.497 e. The first kappa shape index (κ1) is 11.8. The number of rotatable bonds is 3. The Morgan fingerprint density at radius 1 is 1.00 bits per heavy atom. The molecule has 0 atom stereocenters. The Morgan fingerprint density at radius 2 is 1.79 bits per heavy atom. The zero-order valence-electron chi connectivity index (χ0n) is 11.3. The number of benzene rings is 2. The molecule has 0 saturated heterocycles. The minimum atomic E-state index is 0.905. The quantitative estimate of drug-likeness (QED) is 0.686. The van der Waals surface area contributed by atoms with Crippen LogP contribution in [0, 0.1) is 6.92 Å². The molecule has 0 saturated carbocycles. The van der Waals surface area contributed by atoms with E-state index in [-0.39, 0.29) is 0 Å². The van der Waals surface area contributed by atoms with E-state index in [1.807, 2.05) is 6.07 Å². The molecule has 19 heavy (non-hydrogen) atoms. The van der Waals surface area contributed by atoms with Gasteiger partial charge in [-0.3, -0.25) is 0 Å². The van der Waals surface area contributed by atoms with Gasteiger partial charge in [-0.2, -0.15) is 0 Å². The minimum absolute atomic E-state index is 0.905. The summed E-state index contributed by atoms with van der Waals surface area (Å²) in [5.41, 5.74) is 3.84. The zero-order valence-corrected chi connectivity index (χ0v) is 11.3. The highest BCUT2D eigenvalue weighted by Crippen LogP contribution is 2.25. The monoisotopic (exact) mass is 251 g/mol. The van der Waals surface area contributed by atoms with Crippen molar-refractivity contribution in [3.8, 4) is 5.75 Å². The van der Waals surface area contributed by atoms with E-state index in [2.05, 4.69) is 60.0 Å². The lowest BCUT2D eigenvalue weighted by atomic mass is 10.2. The fourth-order valence-corrected chi connectivity index (χ4v) is 2.49. The normalized spacial score (nSPS) is 10.8. The van der Waals surface area contributed by atoms with E-state index in [9.17, 15) is 0 Å². The van der Waals surface area contributed by atoms with Gasteiger partial charge < -0.3 is 9.30 Å². The molecule has 1 aromatic heterocycles. The van der Waals surface area contributed by atoms with Gasteiger partial charge in [-0.25, -0.2) is 0 Å². The van der Waals surface area contributed by atoms with Crippen LogP contribution < -0.4 is 4.74 Å². The lowest BCUT2D eigenvalue weighted by Gasteiger charge is -2.08. The highest BCUT2D eigenvalue weighted by molar-refractivity contribution is 5.83. The molecule has 0 radical (unpaired) electrons. The van der Waals surface area contributed by atoms with Crippen LogP contribution in [-0.4, -0.2) is 11.7 Å². The van der Waals surface area contributed by atoms with Crippen LogP contribution in [0.5, 0.6) is 5.75 Å². The molecule has 96 valence electrons. The summed E-state index contributed by atoms with van der Waals surface area (Å²) < 4.78 is 7.62. The van der Waals surface area contributed by atoms with Crippen LogP contribution in [0.4, 0.5) is 0 Å². The fourth-order valence-electron chi connectivity index (χ4n) is 2.49. The molecule has 0 bridgehead atoms. The first-order valence-corrected chi connectivity index (χ1v) is 6.46. The molecule has 2 aromatic carbocycles. The summed E-state index contributed by atoms with van der Waals surface area (Å²) in [7, 11) is 1.70. The molecule has 0 aliphatic rings. The van der Waals surface area contributed by atoms with Gasteiger partial charge in [-0.1, -0.05) is 30.3 Å². The summed E-state index contributed by atoms with van der Waals surface area (Å²) in [6, 6.07) is 19.0. The van der Waals surface area contributed by atoms with E-state index in [1.165, 1.54) is 22.2 Å². The topological polar surface area (TPSA) is 14.2 Å². The summed E-state index contributed by atoms with van der Waals surface area (Å²) in [4.78, 5) is 0. The Balaban J connectivity index is 2.06. The lowest BCUT2D eigenvalue weighted by Crippen LogP contribution is -2.01.